The maximum atomic E-state index is 6.78. The highest BCUT2D eigenvalue weighted by Gasteiger charge is 2.23. The Balaban J connectivity index is 0.954. The molecule has 0 saturated carbocycles. The van der Waals surface area contributed by atoms with Crippen molar-refractivity contribution in [3.05, 3.63) is 199 Å². The average Bonchev–Trinajstić information content (AvgIpc) is 3.87. The molecule has 1 atom stereocenters. The zero-order valence-electron chi connectivity index (χ0n) is 31.1. The molecule has 4 heterocycles. The number of fused-ring (bicyclic) bond motifs is 10. The fourth-order valence-corrected chi connectivity index (χ4v) is 8.58. The summed E-state index contributed by atoms with van der Waals surface area (Å²) in [6.07, 6.45) is -0.368. The molecular formula is C52H32N4O2. The predicted octanol–water partition coefficient (Wildman–Crippen LogP) is 13.0. The molecule has 8 aromatic carbocycles. The van der Waals surface area contributed by atoms with Gasteiger partial charge in [0.2, 0.25) is 0 Å². The van der Waals surface area contributed by atoms with Gasteiger partial charge in [-0.1, -0.05) is 152 Å². The van der Waals surface area contributed by atoms with Crippen LogP contribution >= 0.6 is 0 Å². The van der Waals surface area contributed by atoms with E-state index in [1.807, 2.05) is 54.6 Å². The predicted molar refractivity (Wildman–Crippen MR) is 237 cm³/mol. The van der Waals surface area contributed by atoms with E-state index in [1.165, 1.54) is 0 Å². The van der Waals surface area contributed by atoms with Crippen molar-refractivity contribution in [1.29, 1.82) is 0 Å². The van der Waals surface area contributed by atoms with Gasteiger partial charge in [-0.2, -0.15) is 0 Å². The molecule has 1 unspecified atom stereocenters. The number of hydrogen-bond donors (Lipinski definition) is 1. The molecular weight excluding hydrogens is 713 g/mol. The van der Waals surface area contributed by atoms with Crippen molar-refractivity contribution in [2.75, 3.05) is 0 Å². The van der Waals surface area contributed by atoms with E-state index < -0.39 is 0 Å². The molecule has 58 heavy (non-hydrogen) atoms. The molecule has 3 aromatic heterocycles. The molecule has 0 radical (unpaired) electrons. The maximum Gasteiger partial charge on any atom is 0.159 e. The fourth-order valence-electron chi connectivity index (χ4n) is 8.58. The number of nitrogens with zero attached hydrogens (tertiary/aromatic N) is 3. The van der Waals surface area contributed by atoms with Gasteiger partial charge in [0.15, 0.2) is 5.84 Å². The highest BCUT2D eigenvalue weighted by molar-refractivity contribution is 6.29. The smallest absolute Gasteiger partial charge is 0.159 e. The van der Waals surface area contributed by atoms with Gasteiger partial charge >= 0.3 is 0 Å². The minimum Gasteiger partial charge on any atom is -0.456 e. The van der Waals surface area contributed by atoms with E-state index >= 15 is 0 Å². The monoisotopic (exact) mass is 744 g/mol. The second-order valence-electron chi connectivity index (χ2n) is 14.7. The van der Waals surface area contributed by atoms with E-state index in [9.17, 15) is 0 Å². The Morgan fingerprint density at radius 2 is 1.14 bits per heavy atom. The van der Waals surface area contributed by atoms with Crippen LogP contribution in [0, 0.1) is 0 Å². The molecule has 12 rings (SSSR count). The van der Waals surface area contributed by atoms with Gasteiger partial charge in [-0.3, -0.25) is 0 Å². The SMILES string of the molecule is c1ccc(C2=NC(c3ccc4c(c3)oc3ccccc34)NC(c3ccc(-c4cccc5c4oc4ccc6c(-c7ccccc7)nc7ccccc7c6c45)cc3)=N2)cc1. The van der Waals surface area contributed by atoms with Crippen molar-refractivity contribution >= 4 is 77.2 Å². The molecule has 1 aliphatic heterocycles. The molecule has 0 aliphatic carbocycles. The first-order valence-corrected chi connectivity index (χ1v) is 19.5. The van der Waals surface area contributed by atoms with Gasteiger partial charge < -0.3 is 14.2 Å². The number of para-hydroxylation sites is 3. The summed E-state index contributed by atoms with van der Waals surface area (Å²) in [5.74, 6) is 1.42. The summed E-state index contributed by atoms with van der Waals surface area (Å²) in [7, 11) is 0. The topological polar surface area (TPSA) is 75.9 Å². The first-order chi connectivity index (χ1) is 28.7. The van der Waals surface area contributed by atoms with Crippen LogP contribution in [0.15, 0.2) is 201 Å². The molecule has 0 saturated heterocycles. The van der Waals surface area contributed by atoms with Crippen molar-refractivity contribution in [1.82, 2.24) is 10.3 Å². The van der Waals surface area contributed by atoms with Crippen LogP contribution in [0.4, 0.5) is 0 Å². The standard InChI is InChI=1S/C52H32N4O2/c1-3-12-32(13-4-1)48-40-28-29-44-47(46(40)39-17-7-9-20-42(39)53-48)41-19-11-18-36(49(41)58-44)31-22-24-34(25-23-31)51-54-50(33-14-5-2-6-15-33)55-52(56-51)35-26-27-38-37-16-8-10-21-43(37)57-45(38)30-35/h1-30,52H,(H,54,55,56). The third kappa shape index (κ3) is 5.16. The van der Waals surface area contributed by atoms with Gasteiger partial charge in [0, 0.05) is 65.5 Å². The van der Waals surface area contributed by atoms with Gasteiger partial charge in [0.1, 0.15) is 34.3 Å². The molecule has 0 amide bonds. The van der Waals surface area contributed by atoms with Gasteiger partial charge in [-0.15, -0.1) is 0 Å². The zero-order valence-corrected chi connectivity index (χ0v) is 31.1. The van der Waals surface area contributed by atoms with Crippen molar-refractivity contribution in [3.63, 3.8) is 0 Å². The van der Waals surface area contributed by atoms with Gasteiger partial charge in [-0.25, -0.2) is 15.0 Å². The number of nitrogens with one attached hydrogen (secondary N) is 1. The Morgan fingerprint density at radius 1 is 0.448 bits per heavy atom. The quantitative estimate of drug-likeness (QED) is 0.178. The fraction of sp³-hybridized carbons (Fsp3) is 0.0192. The van der Waals surface area contributed by atoms with Crippen molar-refractivity contribution < 1.29 is 8.83 Å². The Morgan fingerprint density at radius 3 is 1.98 bits per heavy atom. The van der Waals surface area contributed by atoms with Crippen molar-refractivity contribution in [2.24, 2.45) is 9.98 Å². The van der Waals surface area contributed by atoms with Crippen molar-refractivity contribution in [2.45, 2.75) is 6.17 Å². The lowest BCUT2D eigenvalue weighted by Gasteiger charge is -2.23. The number of benzene rings is 8. The largest absolute Gasteiger partial charge is 0.456 e. The molecule has 6 heteroatoms. The molecule has 1 aliphatic rings. The summed E-state index contributed by atoms with van der Waals surface area (Å²) in [6, 6.07) is 62.7. The number of pyridine rings is 1. The normalized spacial score (nSPS) is 14.4. The van der Waals surface area contributed by atoms with Crippen LogP contribution in [0.25, 0.3) is 87.9 Å². The summed E-state index contributed by atoms with van der Waals surface area (Å²) < 4.78 is 13.0. The van der Waals surface area contributed by atoms with Crippen LogP contribution < -0.4 is 5.32 Å². The summed E-state index contributed by atoms with van der Waals surface area (Å²) in [5.41, 5.74) is 11.4. The highest BCUT2D eigenvalue weighted by atomic mass is 16.3. The van der Waals surface area contributed by atoms with Crippen LogP contribution in [0.1, 0.15) is 22.9 Å². The van der Waals surface area contributed by atoms with E-state index in [2.05, 4.69) is 133 Å². The number of aromatic nitrogens is 1. The number of furan rings is 2. The zero-order chi connectivity index (χ0) is 38.2. The van der Waals surface area contributed by atoms with Gasteiger partial charge in [0.25, 0.3) is 0 Å². The Kier molecular flexibility index (Phi) is 7.19. The summed E-state index contributed by atoms with van der Waals surface area (Å²) in [4.78, 5) is 15.3. The first kappa shape index (κ1) is 32.4. The van der Waals surface area contributed by atoms with E-state index in [1.54, 1.807) is 0 Å². The molecule has 6 nitrogen and oxygen atoms in total. The summed E-state index contributed by atoms with van der Waals surface area (Å²) in [5, 5.41) is 11.4. The Hall–Kier alpha value is -7.83. The van der Waals surface area contributed by atoms with Crippen LogP contribution in [-0.4, -0.2) is 16.7 Å². The van der Waals surface area contributed by atoms with Gasteiger partial charge in [0.05, 0.1) is 11.2 Å². The maximum absolute atomic E-state index is 6.78. The van der Waals surface area contributed by atoms with Crippen LogP contribution in [0.2, 0.25) is 0 Å². The molecule has 0 fully saturated rings. The number of hydrogen-bond acceptors (Lipinski definition) is 6. The molecule has 11 aromatic rings. The summed E-state index contributed by atoms with van der Waals surface area (Å²) in [6.45, 7) is 0. The van der Waals surface area contributed by atoms with E-state index in [4.69, 9.17) is 23.8 Å². The highest BCUT2D eigenvalue weighted by Crippen LogP contribution is 2.43. The lowest BCUT2D eigenvalue weighted by Crippen LogP contribution is -2.33. The van der Waals surface area contributed by atoms with Crippen LogP contribution in [-0.2, 0) is 0 Å². The third-order valence-electron chi connectivity index (χ3n) is 11.3. The minimum atomic E-state index is -0.368. The second kappa shape index (κ2) is 12.9. The van der Waals surface area contributed by atoms with E-state index in [0.29, 0.717) is 5.84 Å². The average molecular weight is 745 g/mol. The molecule has 0 bridgehead atoms. The lowest BCUT2D eigenvalue weighted by atomic mass is 9.95. The van der Waals surface area contributed by atoms with Crippen LogP contribution in [0.5, 0.6) is 0 Å². The third-order valence-corrected chi connectivity index (χ3v) is 11.3. The summed E-state index contributed by atoms with van der Waals surface area (Å²) >= 11 is 0. The Labute approximate surface area is 332 Å². The van der Waals surface area contributed by atoms with Gasteiger partial charge in [-0.05, 0) is 35.9 Å². The number of aliphatic imine (C=N–C) groups is 2. The Bertz CT molecular complexity index is 3470. The molecule has 0 spiro atoms. The minimum absolute atomic E-state index is 0.368. The first-order valence-electron chi connectivity index (χ1n) is 19.5. The second-order valence-corrected chi connectivity index (χ2v) is 14.7. The van der Waals surface area contributed by atoms with Crippen LogP contribution in [0.3, 0.4) is 0 Å². The number of amidine groups is 2. The lowest BCUT2D eigenvalue weighted by molar-refractivity contribution is 0.655. The van der Waals surface area contributed by atoms with E-state index in [0.717, 1.165) is 110 Å². The molecule has 272 valence electrons. The van der Waals surface area contributed by atoms with E-state index in [-0.39, 0.29) is 6.17 Å². The molecule has 1 N–H and O–H groups in total. The number of rotatable bonds is 5. The van der Waals surface area contributed by atoms with Crippen molar-refractivity contribution in [3.8, 4) is 22.4 Å².